The quantitative estimate of drug-likeness (QED) is 0.467. The van der Waals surface area contributed by atoms with Gasteiger partial charge in [-0.1, -0.05) is 48.2 Å². The molecule has 0 atom stereocenters. The number of pyridine rings is 1. The molecule has 3 heterocycles. The summed E-state index contributed by atoms with van der Waals surface area (Å²) in [5, 5.41) is 9.99. The highest BCUT2D eigenvalue weighted by Gasteiger charge is 2.30. The Morgan fingerprint density at radius 3 is 2.70 bits per heavy atom. The number of imidazole rings is 1. The molecule has 1 aliphatic rings. The van der Waals surface area contributed by atoms with Gasteiger partial charge in [-0.25, -0.2) is 4.98 Å². The Balaban J connectivity index is 1.39. The van der Waals surface area contributed by atoms with Crippen LogP contribution in [0.15, 0.2) is 60.0 Å². The van der Waals surface area contributed by atoms with E-state index in [1.165, 1.54) is 24.0 Å². The standard InChI is InChI=1S/C21H21N5S/c1-15-7-10-19-22-18(13-25(19)11-15)14-27-21-24-23-20(17-8-9-17)26(21)12-16-5-3-2-4-6-16/h2-7,10-11,13,17H,8-9,12,14H2,1H3. The van der Waals surface area contributed by atoms with Crippen LogP contribution in [-0.4, -0.2) is 24.1 Å². The van der Waals surface area contributed by atoms with E-state index in [1.807, 2.05) is 0 Å². The van der Waals surface area contributed by atoms with Crippen LogP contribution < -0.4 is 0 Å². The SMILES string of the molecule is Cc1ccc2nc(CSc3nnc(C4CC4)n3Cc3ccccc3)cn2c1. The zero-order valence-corrected chi connectivity index (χ0v) is 16.1. The molecule has 6 heteroatoms. The van der Waals surface area contributed by atoms with Crippen molar-refractivity contribution < 1.29 is 0 Å². The van der Waals surface area contributed by atoms with Crippen molar-refractivity contribution in [2.75, 3.05) is 0 Å². The van der Waals surface area contributed by atoms with Gasteiger partial charge >= 0.3 is 0 Å². The molecule has 1 fully saturated rings. The Hall–Kier alpha value is -2.60. The maximum Gasteiger partial charge on any atom is 0.191 e. The second-order valence-corrected chi connectivity index (χ2v) is 8.12. The van der Waals surface area contributed by atoms with Crippen molar-refractivity contribution >= 4 is 17.4 Å². The molecule has 5 nitrogen and oxygen atoms in total. The molecule has 0 spiro atoms. The molecule has 0 unspecified atom stereocenters. The monoisotopic (exact) mass is 375 g/mol. The molecular weight excluding hydrogens is 354 g/mol. The van der Waals surface area contributed by atoms with Crippen LogP contribution in [0.4, 0.5) is 0 Å². The van der Waals surface area contributed by atoms with Crippen molar-refractivity contribution in [3.63, 3.8) is 0 Å². The van der Waals surface area contributed by atoms with E-state index in [9.17, 15) is 0 Å². The van der Waals surface area contributed by atoms with E-state index in [0.717, 1.165) is 34.6 Å². The number of aryl methyl sites for hydroxylation is 1. The first-order valence-electron chi connectivity index (χ1n) is 9.30. The number of rotatable bonds is 6. The zero-order chi connectivity index (χ0) is 18.2. The maximum atomic E-state index is 4.72. The second-order valence-electron chi connectivity index (χ2n) is 7.18. The summed E-state index contributed by atoms with van der Waals surface area (Å²) < 4.78 is 4.38. The van der Waals surface area contributed by atoms with Crippen molar-refractivity contribution in [1.29, 1.82) is 0 Å². The summed E-state index contributed by atoms with van der Waals surface area (Å²) in [6.45, 7) is 2.92. The molecule has 1 aromatic carbocycles. The predicted molar refractivity (Wildman–Crippen MR) is 107 cm³/mol. The van der Waals surface area contributed by atoms with E-state index >= 15 is 0 Å². The average molecular weight is 376 g/mol. The van der Waals surface area contributed by atoms with Crippen LogP contribution in [-0.2, 0) is 12.3 Å². The lowest BCUT2D eigenvalue weighted by molar-refractivity contribution is 0.667. The third-order valence-corrected chi connectivity index (χ3v) is 5.87. The van der Waals surface area contributed by atoms with Gasteiger partial charge in [0.25, 0.3) is 0 Å². The zero-order valence-electron chi connectivity index (χ0n) is 15.2. The van der Waals surface area contributed by atoms with Gasteiger partial charge in [-0.05, 0) is 37.0 Å². The largest absolute Gasteiger partial charge is 0.307 e. The molecule has 0 radical (unpaired) electrons. The minimum atomic E-state index is 0.578. The highest BCUT2D eigenvalue weighted by molar-refractivity contribution is 7.98. The summed E-state index contributed by atoms with van der Waals surface area (Å²) in [6, 6.07) is 14.7. The Labute approximate surface area is 162 Å². The van der Waals surface area contributed by atoms with Gasteiger partial charge < -0.3 is 8.97 Å². The van der Waals surface area contributed by atoms with Gasteiger partial charge in [-0.2, -0.15) is 0 Å². The smallest absolute Gasteiger partial charge is 0.191 e. The van der Waals surface area contributed by atoms with Gasteiger partial charge in [0.1, 0.15) is 11.5 Å². The molecule has 5 rings (SSSR count). The number of hydrogen-bond acceptors (Lipinski definition) is 4. The number of aromatic nitrogens is 5. The molecule has 1 aliphatic carbocycles. The second kappa shape index (κ2) is 6.85. The number of hydrogen-bond donors (Lipinski definition) is 0. The summed E-state index contributed by atoms with van der Waals surface area (Å²) in [7, 11) is 0. The highest BCUT2D eigenvalue weighted by atomic mass is 32.2. The molecule has 0 N–H and O–H groups in total. The summed E-state index contributed by atoms with van der Waals surface area (Å²) >= 11 is 1.72. The third-order valence-electron chi connectivity index (χ3n) is 4.87. The van der Waals surface area contributed by atoms with Crippen LogP contribution in [0.1, 0.15) is 41.4 Å². The van der Waals surface area contributed by atoms with Crippen LogP contribution in [0.25, 0.3) is 5.65 Å². The highest BCUT2D eigenvalue weighted by Crippen LogP contribution is 2.40. The molecular formula is C21H21N5S. The van der Waals surface area contributed by atoms with Crippen molar-refractivity contribution in [3.05, 3.63) is 77.5 Å². The van der Waals surface area contributed by atoms with Gasteiger partial charge in [-0.15, -0.1) is 10.2 Å². The molecule has 0 aliphatic heterocycles. The van der Waals surface area contributed by atoms with E-state index < -0.39 is 0 Å². The fraction of sp³-hybridized carbons (Fsp3) is 0.286. The number of benzene rings is 1. The predicted octanol–water partition coefficient (Wildman–Crippen LogP) is 4.45. The lowest BCUT2D eigenvalue weighted by Gasteiger charge is -2.09. The van der Waals surface area contributed by atoms with Gasteiger partial charge in [0, 0.05) is 24.1 Å². The van der Waals surface area contributed by atoms with Gasteiger partial charge in [0.05, 0.1) is 12.2 Å². The Bertz CT molecular complexity index is 1080. The van der Waals surface area contributed by atoms with Crippen molar-refractivity contribution in [1.82, 2.24) is 24.1 Å². The van der Waals surface area contributed by atoms with E-state index in [4.69, 9.17) is 4.98 Å². The Morgan fingerprint density at radius 1 is 1.04 bits per heavy atom. The Morgan fingerprint density at radius 2 is 1.89 bits per heavy atom. The fourth-order valence-corrected chi connectivity index (χ4v) is 4.16. The van der Waals surface area contributed by atoms with Crippen LogP contribution >= 0.6 is 11.8 Å². The minimum Gasteiger partial charge on any atom is -0.307 e. The lowest BCUT2D eigenvalue weighted by Crippen LogP contribution is -2.06. The number of nitrogens with zero attached hydrogens (tertiary/aromatic N) is 5. The molecule has 3 aromatic heterocycles. The molecule has 0 saturated heterocycles. The summed E-state index contributed by atoms with van der Waals surface area (Å²) in [5.41, 5.74) is 4.56. The van der Waals surface area contributed by atoms with Crippen molar-refractivity contribution in [2.24, 2.45) is 0 Å². The third kappa shape index (κ3) is 3.49. The molecule has 1 saturated carbocycles. The van der Waals surface area contributed by atoms with E-state index in [1.54, 1.807) is 11.8 Å². The number of fused-ring (bicyclic) bond motifs is 1. The van der Waals surface area contributed by atoms with Crippen LogP contribution in [0.2, 0.25) is 0 Å². The van der Waals surface area contributed by atoms with E-state index in [0.29, 0.717) is 5.92 Å². The van der Waals surface area contributed by atoms with Crippen molar-refractivity contribution in [3.8, 4) is 0 Å². The summed E-state index contributed by atoms with van der Waals surface area (Å²) in [5.74, 6) is 2.50. The molecule has 4 aromatic rings. The van der Waals surface area contributed by atoms with Crippen molar-refractivity contribution in [2.45, 2.75) is 43.1 Å². The number of thioether (sulfide) groups is 1. The first-order valence-corrected chi connectivity index (χ1v) is 10.3. The molecule has 0 bridgehead atoms. The fourth-order valence-electron chi connectivity index (χ4n) is 3.33. The normalized spacial score (nSPS) is 14.1. The lowest BCUT2D eigenvalue weighted by atomic mass is 10.2. The van der Waals surface area contributed by atoms with Crippen LogP contribution in [0, 0.1) is 6.92 Å². The Kier molecular flexibility index (Phi) is 4.20. The van der Waals surface area contributed by atoms with Gasteiger partial charge in [0.2, 0.25) is 0 Å². The first kappa shape index (κ1) is 16.6. The summed E-state index contributed by atoms with van der Waals surface area (Å²) in [4.78, 5) is 4.72. The average Bonchev–Trinajstić information content (AvgIpc) is 3.32. The van der Waals surface area contributed by atoms with Gasteiger partial charge in [0.15, 0.2) is 5.16 Å². The van der Waals surface area contributed by atoms with E-state index in [-0.39, 0.29) is 0 Å². The molecule has 27 heavy (non-hydrogen) atoms. The maximum absolute atomic E-state index is 4.72. The minimum absolute atomic E-state index is 0.578. The molecule has 136 valence electrons. The van der Waals surface area contributed by atoms with E-state index in [2.05, 4.69) is 80.9 Å². The van der Waals surface area contributed by atoms with Gasteiger partial charge in [-0.3, -0.25) is 0 Å². The topological polar surface area (TPSA) is 48.0 Å². The van der Waals surface area contributed by atoms with Crippen LogP contribution in [0.3, 0.4) is 0 Å². The molecule has 0 amide bonds. The summed E-state index contributed by atoms with van der Waals surface area (Å²) in [6.07, 6.45) is 6.67. The van der Waals surface area contributed by atoms with Crippen LogP contribution in [0.5, 0.6) is 0 Å². The first-order chi connectivity index (χ1) is 13.3.